The lowest BCUT2D eigenvalue weighted by atomic mass is 9.91. The van der Waals surface area contributed by atoms with E-state index in [1.54, 1.807) is 12.1 Å². The molecule has 0 aliphatic carbocycles. The number of aliphatic hydroxyl groups is 1. The average molecular weight is 553 g/mol. The molecule has 2 aromatic carbocycles. The van der Waals surface area contributed by atoms with Crippen LogP contribution in [0.25, 0.3) is 0 Å². The van der Waals surface area contributed by atoms with Crippen molar-refractivity contribution in [1.82, 2.24) is 5.32 Å². The monoisotopic (exact) mass is 552 g/mol. The number of aliphatic hydroxyl groups excluding tert-OH is 1. The van der Waals surface area contributed by atoms with Crippen molar-refractivity contribution >= 4 is 23.6 Å². The van der Waals surface area contributed by atoms with Crippen LogP contribution in [0.2, 0.25) is 0 Å². The first kappa shape index (κ1) is 28.6. The van der Waals surface area contributed by atoms with E-state index in [0.717, 1.165) is 27.0 Å². The van der Waals surface area contributed by atoms with Gasteiger partial charge in [0.15, 0.2) is 12.5 Å². The standard InChI is InChI=1S/C29H32N2O7S/c1-19-24(18-39-26-4-2-3-15-31(26)36)37-29(38-28(19)22-9-7-21(17-32)8-10-22)23-11-5-20(6-12-23)16-30-25(33)13-14-27(34)35/h2-12,15,19,24,28-29,32H,13-14,16-18H2,1H3,(H,30,33)(H,34,35)/t19-,24+,28+,29+/m1/s1. The minimum Gasteiger partial charge on any atom is -0.618 e. The SMILES string of the molecule is C[C@@H]1[C@H](CSc2cccc[n+]2[O-])O[C@H](c2ccc(CNC(=O)CCC(=O)O)cc2)O[C@@H]1c1ccc(CO)cc1. The van der Waals surface area contributed by atoms with E-state index in [1.807, 2.05) is 54.6 Å². The van der Waals surface area contributed by atoms with Gasteiger partial charge in [0.1, 0.15) is 0 Å². The number of amides is 1. The number of thioether (sulfide) groups is 1. The number of nitrogens with zero attached hydrogens (tertiary/aromatic N) is 1. The Labute approximate surface area is 231 Å². The number of carboxylic acid groups (broad SMARTS) is 1. The Balaban J connectivity index is 1.48. The van der Waals surface area contributed by atoms with E-state index in [-0.39, 0.29) is 50.0 Å². The van der Waals surface area contributed by atoms with Crippen molar-refractivity contribution < 1.29 is 34.0 Å². The molecule has 0 radical (unpaired) electrons. The first-order valence-electron chi connectivity index (χ1n) is 12.7. The van der Waals surface area contributed by atoms with Crippen LogP contribution in [0.15, 0.2) is 78.0 Å². The van der Waals surface area contributed by atoms with Crippen LogP contribution >= 0.6 is 11.8 Å². The molecular weight excluding hydrogens is 520 g/mol. The topological polar surface area (TPSA) is 132 Å². The molecule has 9 nitrogen and oxygen atoms in total. The zero-order valence-electron chi connectivity index (χ0n) is 21.6. The number of hydrogen-bond donors (Lipinski definition) is 3. The Morgan fingerprint density at radius 1 is 0.974 bits per heavy atom. The summed E-state index contributed by atoms with van der Waals surface area (Å²) >= 11 is 1.44. The van der Waals surface area contributed by atoms with Gasteiger partial charge in [-0.2, -0.15) is 4.73 Å². The van der Waals surface area contributed by atoms with Crippen molar-refractivity contribution in [3.63, 3.8) is 0 Å². The number of ether oxygens (including phenoxy) is 2. The Morgan fingerprint density at radius 3 is 2.33 bits per heavy atom. The Bertz CT molecular complexity index is 1250. The van der Waals surface area contributed by atoms with Crippen molar-refractivity contribution in [2.24, 2.45) is 5.92 Å². The molecule has 4 rings (SSSR count). The molecule has 3 aromatic rings. The van der Waals surface area contributed by atoms with Crippen LogP contribution < -0.4 is 10.0 Å². The molecule has 1 aliphatic heterocycles. The van der Waals surface area contributed by atoms with Gasteiger partial charge in [0.2, 0.25) is 5.91 Å². The molecule has 39 heavy (non-hydrogen) atoms. The maximum absolute atomic E-state index is 12.2. The zero-order chi connectivity index (χ0) is 27.8. The fourth-order valence-corrected chi connectivity index (χ4v) is 5.38. The fraction of sp³-hybridized carbons (Fsp3) is 0.345. The molecule has 0 unspecified atom stereocenters. The van der Waals surface area contributed by atoms with E-state index >= 15 is 0 Å². The summed E-state index contributed by atoms with van der Waals surface area (Å²) < 4.78 is 13.7. The smallest absolute Gasteiger partial charge is 0.303 e. The molecule has 10 heteroatoms. The van der Waals surface area contributed by atoms with Gasteiger partial charge in [0.05, 0.1) is 25.2 Å². The van der Waals surface area contributed by atoms with Gasteiger partial charge in [0.25, 0.3) is 5.03 Å². The van der Waals surface area contributed by atoms with Gasteiger partial charge in [-0.1, -0.05) is 67.2 Å². The highest BCUT2D eigenvalue weighted by Gasteiger charge is 2.38. The molecule has 0 bridgehead atoms. The van der Waals surface area contributed by atoms with Gasteiger partial charge >= 0.3 is 5.97 Å². The molecule has 4 atom stereocenters. The highest BCUT2D eigenvalue weighted by atomic mass is 32.2. The molecule has 1 amide bonds. The second-order valence-electron chi connectivity index (χ2n) is 9.41. The average Bonchev–Trinajstić information content (AvgIpc) is 2.95. The van der Waals surface area contributed by atoms with Gasteiger partial charge in [-0.15, -0.1) is 0 Å². The lowest BCUT2D eigenvalue weighted by Gasteiger charge is -2.41. The summed E-state index contributed by atoms with van der Waals surface area (Å²) in [6.07, 6.45) is 0.0622. The molecule has 206 valence electrons. The maximum atomic E-state index is 12.2. The summed E-state index contributed by atoms with van der Waals surface area (Å²) in [6.45, 7) is 2.32. The quantitative estimate of drug-likeness (QED) is 0.186. The van der Waals surface area contributed by atoms with Gasteiger partial charge in [-0.3, -0.25) is 9.59 Å². The molecule has 1 aromatic heterocycles. The van der Waals surface area contributed by atoms with Crippen LogP contribution in [0, 0.1) is 11.1 Å². The van der Waals surface area contributed by atoms with E-state index in [9.17, 15) is 19.9 Å². The number of benzene rings is 2. The lowest BCUT2D eigenvalue weighted by Crippen LogP contribution is -2.39. The van der Waals surface area contributed by atoms with E-state index in [0.29, 0.717) is 10.8 Å². The number of aliphatic carboxylic acids is 1. The first-order chi connectivity index (χ1) is 18.8. The number of nitrogens with one attached hydrogen (secondary N) is 1. The summed E-state index contributed by atoms with van der Waals surface area (Å²) in [5, 5.41) is 33.6. The lowest BCUT2D eigenvalue weighted by molar-refractivity contribution is -0.645. The third-order valence-electron chi connectivity index (χ3n) is 6.61. The predicted octanol–water partition coefficient (Wildman–Crippen LogP) is 3.88. The van der Waals surface area contributed by atoms with Crippen molar-refractivity contribution in [1.29, 1.82) is 0 Å². The summed E-state index contributed by atoms with van der Waals surface area (Å²) in [6, 6.07) is 20.5. The molecule has 3 N–H and O–H groups in total. The van der Waals surface area contributed by atoms with E-state index in [1.165, 1.54) is 18.0 Å². The third kappa shape index (κ3) is 7.79. The summed E-state index contributed by atoms with van der Waals surface area (Å²) in [7, 11) is 0. The molecule has 1 aliphatic rings. The van der Waals surface area contributed by atoms with E-state index < -0.39 is 12.3 Å². The second kappa shape index (κ2) is 13.6. The van der Waals surface area contributed by atoms with Crippen LogP contribution in [0.1, 0.15) is 54.4 Å². The van der Waals surface area contributed by atoms with Crippen LogP contribution in [0.4, 0.5) is 0 Å². The Kier molecular flexibility index (Phi) is 9.94. The van der Waals surface area contributed by atoms with E-state index in [4.69, 9.17) is 14.6 Å². The van der Waals surface area contributed by atoms with Crippen molar-refractivity contribution in [2.75, 3.05) is 5.75 Å². The summed E-state index contributed by atoms with van der Waals surface area (Å²) in [4.78, 5) is 22.5. The summed E-state index contributed by atoms with van der Waals surface area (Å²) in [5.74, 6) is -0.786. The number of pyridine rings is 1. The molecule has 1 saturated heterocycles. The van der Waals surface area contributed by atoms with Crippen LogP contribution in [0.5, 0.6) is 0 Å². The minimum absolute atomic E-state index is 0.0159. The highest BCUT2D eigenvalue weighted by molar-refractivity contribution is 7.99. The van der Waals surface area contributed by atoms with Gasteiger partial charge in [0, 0.05) is 42.3 Å². The number of aromatic nitrogens is 1. The maximum Gasteiger partial charge on any atom is 0.303 e. The van der Waals surface area contributed by atoms with Crippen LogP contribution in [0.3, 0.4) is 0 Å². The minimum atomic E-state index is -1.01. The summed E-state index contributed by atoms with van der Waals surface area (Å²) in [5.41, 5.74) is 3.46. The molecule has 0 saturated carbocycles. The van der Waals surface area contributed by atoms with Crippen molar-refractivity contribution in [2.45, 2.75) is 56.4 Å². The number of carbonyl (C=O) groups is 2. The van der Waals surface area contributed by atoms with Gasteiger partial charge < -0.3 is 30.2 Å². The molecule has 0 spiro atoms. The zero-order valence-corrected chi connectivity index (χ0v) is 22.4. The first-order valence-corrected chi connectivity index (χ1v) is 13.7. The number of carboxylic acids is 1. The predicted molar refractivity (Wildman–Crippen MR) is 144 cm³/mol. The van der Waals surface area contributed by atoms with Crippen LogP contribution in [-0.2, 0) is 32.2 Å². The van der Waals surface area contributed by atoms with Crippen LogP contribution in [-0.4, -0.2) is 33.9 Å². The second-order valence-corrected chi connectivity index (χ2v) is 10.4. The van der Waals surface area contributed by atoms with Gasteiger partial charge in [-0.25, -0.2) is 0 Å². The van der Waals surface area contributed by atoms with E-state index in [2.05, 4.69) is 12.2 Å². The highest BCUT2D eigenvalue weighted by Crippen LogP contribution is 2.42. The molecule has 1 fully saturated rings. The Hall–Kier alpha value is -3.44. The number of rotatable bonds is 11. The normalized spacial score (nSPS) is 20.9. The molecule has 2 heterocycles. The fourth-order valence-electron chi connectivity index (χ4n) is 4.30. The molecular formula is C29H32N2O7S. The Morgan fingerprint density at radius 2 is 1.67 bits per heavy atom. The van der Waals surface area contributed by atoms with Gasteiger partial charge in [-0.05, 0) is 22.8 Å². The van der Waals surface area contributed by atoms with Crippen molar-refractivity contribution in [3.8, 4) is 0 Å². The largest absolute Gasteiger partial charge is 0.618 e. The number of carbonyl (C=O) groups excluding carboxylic acids is 1. The van der Waals surface area contributed by atoms with Crippen molar-refractivity contribution in [3.05, 3.63) is 100 Å². The number of hydrogen-bond acceptors (Lipinski definition) is 7. The third-order valence-corrected chi connectivity index (χ3v) is 7.72.